The molecule has 8 rings (SSSR count). The van der Waals surface area contributed by atoms with Crippen LogP contribution in [0, 0.1) is 0 Å². The van der Waals surface area contributed by atoms with Gasteiger partial charge in [-0.25, -0.2) is 4.98 Å². The summed E-state index contributed by atoms with van der Waals surface area (Å²) in [5.74, 6) is 0. The summed E-state index contributed by atoms with van der Waals surface area (Å²) in [5, 5.41) is 4.67. The first-order valence-electron chi connectivity index (χ1n) is 11.7. The van der Waals surface area contributed by atoms with E-state index in [1.807, 2.05) is 36.5 Å². The molecule has 8 aromatic rings. The molecule has 0 aliphatic heterocycles. The summed E-state index contributed by atoms with van der Waals surface area (Å²) in [6, 6.07) is 36.0. The molecule has 0 N–H and O–H groups in total. The summed E-state index contributed by atoms with van der Waals surface area (Å²) >= 11 is 0. The lowest BCUT2D eigenvalue weighted by Gasteiger charge is -2.09. The lowest BCUT2D eigenvalue weighted by Crippen LogP contribution is -1.94. The molecule has 0 aliphatic rings. The van der Waals surface area contributed by atoms with Crippen LogP contribution in [-0.4, -0.2) is 14.0 Å². The van der Waals surface area contributed by atoms with Crippen molar-refractivity contribution in [2.24, 2.45) is 0 Å². The number of para-hydroxylation sites is 2. The maximum atomic E-state index is 6.21. The van der Waals surface area contributed by atoms with E-state index in [0.717, 1.165) is 50.0 Å². The normalized spacial score (nSPS) is 12.0. The molecule has 0 saturated heterocycles. The van der Waals surface area contributed by atoms with Crippen LogP contribution in [0.25, 0.3) is 66.3 Å². The lowest BCUT2D eigenvalue weighted by molar-refractivity contribution is 0.669. The fourth-order valence-corrected chi connectivity index (χ4v) is 5.34. The Hall–Kier alpha value is -4.83. The number of aromatic nitrogens is 3. The average molecular weight is 450 g/mol. The Morgan fingerprint density at radius 1 is 0.600 bits per heavy atom. The largest absolute Gasteiger partial charge is 0.456 e. The second-order valence-corrected chi connectivity index (χ2v) is 8.96. The number of rotatable bonds is 2. The van der Waals surface area contributed by atoms with Crippen LogP contribution in [0.5, 0.6) is 0 Å². The van der Waals surface area contributed by atoms with Gasteiger partial charge in [0.2, 0.25) is 0 Å². The van der Waals surface area contributed by atoms with Gasteiger partial charge in [-0.3, -0.25) is 0 Å². The summed E-state index contributed by atoms with van der Waals surface area (Å²) in [6.07, 6.45) is 4.12. The molecular formula is C31H19N3O. The zero-order valence-corrected chi connectivity index (χ0v) is 18.7. The zero-order chi connectivity index (χ0) is 22.9. The van der Waals surface area contributed by atoms with E-state index < -0.39 is 0 Å². The molecule has 4 nitrogen and oxygen atoms in total. The summed E-state index contributed by atoms with van der Waals surface area (Å²) < 4.78 is 10.6. The van der Waals surface area contributed by atoms with Crippen LogP contribution in [0.3, 0.4) is 0 Å². The Morgan fingerprint density at radius 2 is 1.46 bits per heavy atom. The summed E-state index contributed by atoms with van der Waals surface area (Å²) in [5.41, 5.74) is 8.27. The summed E-state index contributed by atoms with van der Waals surface area (Å²) in [6.45, 7) is 0. The first-order chi connectivity index (χ1) is 17.3. The van der Waals surface area contributed by atoms with E-state index in [0.29, 0.717) is 0 Å². The van der Waals surface area contributed by atoms with Crippen LogP contribution in [0.1, 0.15) is 0 Å². The van der Waals surface area contributed by atoms with Gasteiger partial charge in [0.15, 0.2) is 0 Å². The fourth-order valence-electron chi connectivity index (χ4n) is 5.34. The van der Waals surface area contributed by atoms with Gasteiger partial charge in [0.05, 0.1) is 16.7 Å². The molecule has 4 heterocycles. The highest BCUT2D eigenvalue weighted by Gasteiger charge is 2.16. The van der Waals surface area contributed by atoms with Crippen LogP contribution in [-0.2, 0) is 0 Å². The monoisotopic (exact) mass is 449 g/mol. The van der Waals surface area contributed by atoms with Crippen LogP contribution in [0.2, 0.25) is 0 Å². The molecule has 0 radical (unpaired) electrons. The van der Waals surface area contributed by atoms with Gasteiger partial charge in [-0.2, -0.15) is 0 Å². The van der Waals surface area contributed by atoms with Crippen molar-refractivity contribution >= 4 is 49.4 Å². The average Bonchev–Trinajstić information content (AvgIpc) is 3.59. The van der Waals surface area contributed by atoms with Crippen molar-refractivity contribution in [3.8, 4) is 16.9 Å². The number of fused-ring (bicyclic) bond motifs is 7. The minimum atomic E-state index is 0.917. The smallest absolute Gasteiger partial charge is 0.137 e. The quantitative estimate of drug-likeness (QED) is 0.268. The molecule has 0 unspecified atom stereocenters. The predicted molar refractivity (Wildman–Crippen MR) is 142 cm³/mol. The number of hydrogen-bond donors (Lipinski definition) is 0. The molecule has 0 bridgehead atoms. The molecule has 4 aromatic carbocycles. The van der Waals surface area contributed by atoms with Gasteiger partial charge in [0, 0.05) is 45.2 Å². The standard InChI is InChI=1S/C31H19N3O/c1-3-12-27-22(10-1)24-18-30-25(23-11-2-4-13-29(23)35-30)17-28(24)34(27)21-9-7-8-20(16-21)26-19-33-15-6-5-14-31(33)32-26/h1-19H. The van der Waals surface area contributed by atoms with Crippen LogP contribution in [0.4, 0.5) is 0 Å². The Bertz CT molecular complexity index is 2040. The van der Waals surface area contributed by atoms with Crippen molar-refractivity contribution in [3.63, 3.8) is 0 Å². The Labute approximate surface area is 200 Å². The van der Waals surface area contributed by atoms with Gasteiger partial charge in [0.25, 0.3) is 0 Å². The fraction of sp³-hybridized carbons (Fsp3) is 0. The maximum Gasteiger partial charge on any atom is 0.137 e. The first kappa shape index (κ1) is 18.6. The third kappa shape index (κ3) is 2.65. The van der Waals surface area contributed by atoms with Gasteiger partial charge in [-0.05, 0) is 48.5 Å². The lowest BCUT2D eigenvalue weighted by atomic mass is 10.1. The highest BCUT2D eigenvalue weighted by atomic mass is 16.3. The number of benzene rings is 4. The van der Waals surface area contributed by atoms with Crippen LogP contribution < -0.4 is 0 Å². The van der Waals surface area contributed by atoms with E-state index in [1.165, 1.54) is 16.3 Å². The molecule has 4 aromatic heterocycles. The molecular weight excluding hydrogens is 430 g/mol. The second kappa shape index (κ2) is 6.84. The maximum absolute atomic E-state index is 6.21. The minimum absolute atomic E-state index is 0.917. The number of hydrogen-bond acceptors (Lipinski definition) is 2. The third-order valence-electron chi connectivity index (χ3n) is 6.94. The van der Waals surface area contributed by atoms with E-state index in [9.17, 15) is 0 Å². The van der Waals surface area contributed by atoms with Crippen molar-refractivity contribution in [2.45, 2.75) is 0 Å². The molecule has 0 fully saturated rings. The molecule has 35 heavy (non-hydrogen) atoms. The van der Waals surface area contributed by atoms with Gasteiger partial charge in [0.1, 0.15) is 16.8 Å². The van der Waals surface area contributed by atoms with Crippen molar-refractivity contribution in [3.05, 3.63) is 116 Å². The van der Waals surface area contributed by atoms with Crippen LogP contribution in [0.15, 0.2) is 120 Å². The summed E-state index contributed by atoms with van der Waals surface area (Å²) in [4.78, 5) is 4.84. The van der Waals surface area contributed by atoms with E-state index in [1.54, 1.807) is 0 Å². The molecule has 0 atom stereocenters. The minimum Gasteiger partial charge on any atom is -0.456 e. The molecule has 0 spiro atoms. The SMILES string of the molecule is c1cc(-c2cn3ccccc3n2)cc(-n2c3ccccc3c3cc4oc5ccccc5c4cc32)c1. The molecule has 164 valence electrons. The van der Waals surface area contributed by atoms with Crippen LogP contribution >= 0.6 is 0 Å². The highest BCUT2D eigenvalue weighted by Crippen LogP contribution is 2.38. The van der Waals surface area contributed by atoms with Crippen molar-refractivity contribution in [2.75, 3.05) is 0 Å². The van der Waals surface area contributed by atoms with Crippen molar-refractivity contribution in [1.82, 2.24) is 14.0 Å². The summed E-state index contributed by atoms with van der Waals surface area (Å²) in [7, 11) is 0. The Balaban J connectivity index is 1.43. The van der Waals surface area contributed by atoms with Crippen molar-refractivity contribution in [1.29, 1.82) is 0 Å². The molecule has 0 amide bonds. The predicted octanol–water partition coefficient (Wildman–Crippen LogP) is 8.00. The Kier molecular flexibility index (Phi) is 3.63. The van der Waals surface area contributed by atoms with Gasteiger partial charge < -0.3 is 13.4 Å². The molecule has 0 aliphatic carbocycles. The highest BCUT2D eigenvalue weighted by molar-refractivity contribution is 6.17. The Morgan fingerprint density at radius 3 is 2.40 bits per heavy atom. The van der Waals surface area contributed by atoms with Gasteiger partial charge in [-0.15, -0.1) is 0 Å². The second-order valence-electron chi connectivity index (χ2n) is 8.96. The van der Waals surface area contributed by atoms with E-state index >= 15 is 0 Å². The number of pyridine rings is 1. The zero-order valence-electron chi connectivity index (χ0n) is 18.7. The topological polar surface area (TPSA) is 35.4 Å². The van der Waals surface area contributed by atoms with Crippen molar-refractivity contribution < 1.29 is 4.42 Å². The van der Waals surface area contributed by atoms with Gasteiger partial charge >= 0.3 is 0 Å². The van der Waals surface area contributed by atoms with Gasteiger partial charge in [-0.1, -0.05) is 54.6 Å². The van der Waals surface area contributed by atoms with E-state index in [-0.39, 0.29) is 0 Å². The number of imidazole rings is 1. The van der Waals surface area contributed by atoms with E-state index in [4.69, 9.17) is 9.40 Å². The third-order valence-corrected chi connectivity index (χ3v) is 6.94. The number of nitrogens with zero attached hydrogens (tertiary/aromatic N) is 3. The van der Waals surface area contributed by atoms with E-state index in [2.05, 4.69) is 88.0 Å². The first-order valence-corrected chi connectivity index (χ1v) is 11.7. The number of furan rings is 1. The molecule has 4 heteroatoms. The molecule has 0 saturated carbocycles.